The van der Waals surface area contributed by atoms with E-state index in [2.05, 4.69) is 4.74 Å². The fraction of sp³-hybridized carbons (Fsp3) is 0.273. The number of aliphatic carboxylic acids is 1. The number of hydrogen-bond acceptors (Lipinski definition) is 6. The van der Waals surface area contributed by atoms with Gasteiger partial charge in [0.1, 0.15) is 0 Å². The molecule has 1 rings (SSSR count). The molecule has 0 saturated carbocycles. The van der Waals surface area contributed by atoms with Gasteiger partial charge >= 0.3 is 11.7 Å². The molecule has 9 heteroatoms. The van der Waals surface area contributed by atoms with E-state index in [1.165, 1.54) is 13.2 Å². The van der Waals surface area contributed by atoms with Crippen molar-refractivity contribution in [2.24, 2.45) is 5.73 Å². The molecular formula is C11H12N2O7. The molecule has 20 heavy (non-hydrogen) atoms. The molecule has 108 valence electrons. The first-order valence-corrected chi connectivity index (χ1v) is 5.33. The maximum absolute atomic E-state index is 11.0. The number of carboxylic acids is 1. The highest BCUT2D eigenvalue weighted by Gasteiger charge is 2.25. The Morgan fingerprint density at radius 1 is 1.50 bits per heavy atom. The molecule has 0 saturated heterocycles. The lowest BCUT2D eigenvalue weighted by Crippen LogP contribution is -2.31. The van der Waals surface area contributed by atoms with Crippen LogP contribution < -0.4 is 10.5 Å². The van der Waals surface area contributed by atoms with Gasteiger partial charge in [0, 0.05) is 18.7 Å². The summed E-state index contributed by atoms with van der Waals surface area (Å²) >= 11 is 0. The zero-order valence-corrected chi connectivity index (χ0v) is 10.4. The predicted molar refractivity (Wildman–Crippen MR) is 65.5 cm³/mol. The number of carboxylic acid groups (broad SMARTS) is 1. The van der Waals surface area contributed by atoms with Gasteiger partial charge in [-0.2, -0.15) is 0 Å². The Hall–Kier alpha value is -2.68. The van der Waals surface area contributed by atoms with Gasteiger partial charge in [0.25, 0.3) is 0 Å². The van der Waals surface area contributed by atoms with Gasteiger partial charge in [-0.05, 0) is 12.1 Å². The molecule has 1 amide bonds. The Bertz CT molecular complexity index is 544. The Kier molecular flexibility index (Phi) is 4.98. The Labute approximate surface area is 113 Å². The molecule has 3 N–H and O–H groups in total. The average molecular weight is 284 g/mol. The highest BCUT2D eigenvalue weighted by atomic mass is 16.6. The van der Waals surface area contributed by atoms with Crippen LogP contribution in [0, 0.1) is 10.1 Å². The van der Waals surface area contributed by atoms with Crippen LogP contribution in [-0.2, 0) is 9.53 Å². The summed E-state index contributed by atoms with van der Waals surface area (Å²) in [6.45, 7) is -0.288. The van der Waals surface area contributed by atoms with Crippen LogP contribution in [0.4, 0.5) is 5.69 Å². The number of carbonyl (C=O) groups is 2. The van der Waals surface area contributed by atoms with Gasteiger partial charge in [0.15, 0.2) is 5.75 Å². The molecule has 1 aromatic rings. The second-order valence-electron chi connectivity index (χ2n) is 3.70. The monoisotopic (exact) mass is 284 g/mol. The molecular weight excluding hydrogens is 272 g/mol. The van der Waals surface area contributed by atoms with E-state index in [1.54, 1.807) is 0 Å². The molecule has 0 aliphatic carbocycles. The molecule has 0 radical (unpaired) electrons. The third-order valence-electron chi connectivity index (χ3n) is 2.30. The maximum atomic E-state index is 11.0. The van der Waals surface area contributed by atoms with E-state index in [9.17, 15) is 19.7 Å². The highest BCUT2D eigenvalue weighted by Crippen LogP contribution is 2.28. The maximum Gasteiger partial charge on any atom is 0.347 e. The molecule has 0 bridgehead atoms. The quantitative estimate of drug-likeness (QED) is 0.536. The minimum absolute atomic E-state index is 0.0809. The van der Waals surface area contributed by atoms with Crippen molar-refractivity contribution in [3.63, 3.8) is 0 Å². The Balaban J connectivity index is 3.13. The number of ether oxygens (including phenoxy) is 2. The van der Waals surface area contributed by atoms with Gasteiger partial charge in [-0.1, -0.05) is 0 Å². The normalized spacial score (nSPS) is 11.7. The first kappa shape index (κ1) is 15.4. The van der Waals surface area contributed by atoms with E-state index < -0.39 is 28.6 Å². The van der Waals surface area contributed by atoms with E-state index in [-0.39, 0.29) is 17.9 Å². The molecule has 0 spiro atoms. The van der Waals surface area contributed by atoms with Crippen LogP contribution in [0.25, 0.3) is 0 Å². The minimum Gasteiger partial charge on any atom is -0.478 e. The van der Waals surface area contributed by atoms with E-state index in [0.717, 1.165) is 12.1 Å². The van der Waals surface area contributed by atoms with Crippen LogP contribution in [0.5, 0.6) is 5.75 Å². The van der Waals surface area contributed by atoms with Crippen LogP contribution in [0.3, 0.4) is 0 Å². The highest BCUT2D eigenvalue weighted by molar-refractivity contribution is 5.93. The molecule has 0 aromatic heterocycles. The summed E-state index contributed by atoms with van der Waals surface area (Å²) in [7, 11) is 1.27. The largest absolute Gasteiger partial charge is 0.478 e. The first-order chi connectivity index (χ1) is 9.36. The summed E-state index contributed by atoms with van der Waals surface area (Å²) < 4.78 is 9.68. The van der Waals surface area contributed by atoms with E-state index in [1.807, 2.05) is 0 Å². The van der Waals surface area contributed by atoms with Gasteiger partial charge in [-0.3, -0.25) is 14.9 Å². The average Bonchev–Trinajstić information content (AvgIpc) is 2.37. The zero-order valence-electron chi connectivity index (χ0n) is 10.4. The first-order valence-electron chi connectivity index (χ1n) is 5.33. The summed E-state index contributed by atoms with van der Waals surface area (Å²) in [6, 6.07) is 3.24. The second kappa shape index (κ2) is 6.48. The Morgan fingerprint density at radius 3 is 2.60 bits per heavy atom. The van der Waals surface area contributed by atoms with Crippen molar-refractivity contribution in [2.75, 3.05) is 13.7 Å². The van der Waals surface area contributed by atoms with Gasteiger partial charge in [0.05, 0.1) is 11.5 Å². The number of nitro groups is 1. The Morgan fingerprint density at radius 2 is 2.15 bits per heavy atom. The third kappa shape index (κ3) is 3.65. The third-order valence-corrected chi connectivity index (χ3v) is 2.30. The molecule has 0 aliphatic heterocycles. The SMILES string of the molecule is COCC(Oc1ccc(C(N)=O)cc1[N+](=O)[O-])C(=O)O. The fourth-order valence-electron chi connectivity index (χ4n) is 1.37. The summed E-state index contributed by atoms with van der Waals surface area (Å²) in [4.78, 5) is 32.0. The van der Waals surface area contributed by atoms with Gasteiger partial charge in [0.2, 0.25) is 12.0 Å². The van der Waals surface area contributed by atoms with Crippen molar-refractivity contribution in [3.05, 3.63) is 33.9 Å². The lowest BCUT2D eigenvalue weighted by atomic mass is 10.2. The van der Waals surface area contributed by atoms with Crippen LogP contribution in [-0.4, -0.2) is 41.7 Å². The number of nitrogens with two attached hydrogens (primary N) is 1. The molecule has 0 fully saturated rings. The van der Waals surface area contributed by atoms with Crippen molar-refractivity contribution in [1.82, 2.24) is 0 Å². The van der Waals surface area contributed by atoms with Gasteiger partial charge in [-0.15, -0.1) is 0 Å². The molecule has 0 aliphatic rings. The number of nitrogens with zero attached hydrogens (tertiary/aromatic N) is 1. The summed E-state index contributed by atoms with van der Waals surface area (Å²) in [6.07, 6.45) is -1.40. The second-order valence-corrected chi connectivity index (χ2v) is 3.70. The van der Waals surface area contributed by atoms with E-state index in [0.29, 0.717) is 0 Å². The smallest absolute Gasteiger partial charge is 0.347 e. The molecule has 9 nitrogen and oxygen atoms in total. The van der Waals surface area contributed by atoms with Gasteiger partial charge in [-0.25, -0.2) is 4.79 Å². The number of primary amides is 1. The predicted octanol–water partition coefficient (Wildman–Crippen LogP) is 0.172. The number of nitro benzene ring substituents is 1. The number of methoxy groups -OCH3 is 1. The lowest BCUT2D eigenvalue weighted by molar-refractivity contribution is -0.386. The number of amides is 1. The summed E-state index contributed by atoms with van der Waals surface area (Å²) in [5.41, 5.74) is 4.38. The van der Waals surface area contributed by atoms with Crippen LogP contribution in [0.1, 0.15) is 10.4 Å². The summed E-state index contributed by atoms with van der Waals surface area (Å²) in [5.74, 6) is -2.46. The molecule has 1 unspecified atom stereocenters. The van der Waals surface area contributed by atoms with Crippen LogP contribution >= 0.6 is 0 Å². The summed E-state index contributed by atoms with van der Waals surface area (Å²) in [5, 5.41) is 19.8. The molecule has 1 aromatic carbocycles. The number of rotatable bonds is 7. The number of benzene rings is 1. The van der Waals surface area contributed by atoms with Gasteiger partial charge < -0.3 is 20.3 Å². The van der Waals surface area contributed by atoms with E-state index in [4.69, 9.17) is 15.6 Å². The van der Waals surface area contributed by atoms with Crippen LogP contribution in [0.2, 0.25) is 0 Å². The lowest BCUT2D eigenvalue weighted by Gasteiger charge is -2.14. The van der Waals surface area contributed by atoms with Crippen molar-refractivity contribution < 1.29 is 29.1 Å². The number of hydrogen-bond donors (Lipinski definition) is 2. The topological polar surface area (TPSA) is 142 Å². The van der Waals surface area contributed by atoms with Crippen molar-refractivity contribution in [1.29, 1.82) is 0 Å². The van der Waals surface area contributed by atoms with Crippen molar-refractivity contribution >= 4 is 17.6 Å². The minimum atomic E-state index is -1.40. The van der Waals surface area contributed by atoms with E-state index >= 15 is 0 Å². The van der Waals surface area contributed by atoms with Crippen LogP contribution in [0.15, 0.2) is 18.2 Å². The fourth-order valence-corrected chi connectivity index (χ4v) is 1.37. The standard InChI is InChI=1S/C11H12N2O7/c1-19-5-9(11(15)16)20-8-3-2-6(10(12)14)4-7(8)13(17)18/h2-4,9H,5H2,1H3,(H2,12,14)(H,15,16). The zero-order chi connectivity index (χ0) is 15.3. The molecule has 0 heterocycles. The molecule has 1 atom stereocenters. The van der Waals surface area contributed by atoms with Crippen molar-refractivity contribution in [2.45, 2.75) is 6.10 Å². The van der Waals surface area contributed by atoms with Crippen molar-refractivity contribution in [3.8, 4) is 5.75 Å². The number of carbonyl (C=O) groups excluding carboxylic acids is 1.